The van der Waals surface area contributed by atoms with Gasteiger partial charge in [-0.25, -0.2) is 0 Å². The Morgan fingerprint density at radius 2 is 1.88 bits per heavy atom. The number of rotatable bonds is 5. The predicted molar refractivity (Wildman–Crippen MR) is 113 cm³/mol. The topological polar surface area (TPSA) is 58.6 Å². The molecule has 0 bridgehead atoms. The molecule has 1 atom stereocenters. The van der Waals surface area contributed by atoms with Gasteiger partial charge in [-0.05, 0) is 42.7 Å². The van der Waals surface area contributed by atoms with E-state index in [0.717, 1.165) is 25.0 Å². The van der Waals surface area contributed by atoms with E-state index >= 15 is 0 Å². The molecule has 1 spiro atoms. The van der Waals surface area contributed by atoms with Crippen molar-refractivity contribution in [2.75, 3.05) is 25.6 Å². The van der Waals surface area contributed by atoms with Gasteiger partial charge in [0.1, 0.15) is 0 Å². The number of amides is 2. The molecule has 1 N–H and O–H groups in total. The van der Waals surface area contributed by atoms with Crippen LogP contribution in [0.2, 0.25) is 0 Å². The summed E-state index contributed by atoms with van der Waals surface area (Å²) in [4.78, 5) is 28.7. The molecule has 0 radical (unpaired) electrons. The minimum atomic E-state index is -4.51. The van der Waals surface area contributed by atoms with Crippen LogP contribution >= 0.6 is 0 Å². The molecule has 32 heavy (non-hydrogen) atoms. The second kappa shape index (κ2) is 8.58. The molecular weight excluding hydrogens is 421 g/mol. The molecule has 1 saturated carbocycles. The van der Waals surface area contributed by atoms with Crippen molar-refractivity contribution in [1.29, 1.82) is 0 Å². The Hall–Kier alpha value is -2.87. The molecule has 1 fully saturated rings. The number of alkyl halides is 3. The highest BCUT2D eigenvalue weighted by Crippen LogP contribution is 2.50. The van der Waals surface area contributed by atoms with Crippen LogP contribution in [0, 0.1) is 0 Å². The molecule has 1 heterocycles. The van der Waals surface area contributed by atoms with Gasteiger partial charge in [-0.3, -0.25) is 9.59 Å². The molecule has 2 aliphatic rings. The van der Waals surface area contributed by atoms with Crippen LogP contribution in [0.4, 0.5) is 18.9 Å². The van der Waals surface area contributed by atoms with Crippen molar-refractivity contribution in [1.82, 2.24) is 4.90 Å². The van der Waals surface area contributed by atoms with Gasteiger partial charge in [-0.15, -0.1) is 0 Å². The minimum Gasteiger partial charge on any atom is -0.383 e. The molecule has 1 aliphatic heterocycles. The number of nitrogens with zero attached hydrogens (tertiary/aromatic N) is 1. The van der Waals surface area contributed by atoms with Crippen molar-refractivity contribution in [3.63, 3.8) is 0 Å². The lowest BCUT2D eigenvalue weighted by Gasteiger charge is -2.50. The lowest BCUT2D eigenvalue weighted by atomic mass is 9.71. The van der Waals surface area contributed by atoms with Crippen molar-refractivity contribution >= 4 is 17.5 Å². The summed E-state index contributed by atoms with van der Waals surface area (Å²) < 4.78 is 44.6. The van der Waals surface area contributed by atoms with E-state index in [9.17, 15) is 22.8 Å². The van der Waals surface area contributed by atoms with E-state index in [-0.39, 0.29) is 11.6 Å². The average Bonchev–Trinajstić information content (AvgIpc) is 3.23. The zero-order valence-electron chi connectivity index (χ0n) is 17.7. The van der Waals surface area contributed by atoms with Gasteiger partial charge in [0.05, 0.1) is 23.6 Å². The van der Waals surface area contributed by atoms with E-state index in [4.69, 9.17) is 4.74 Å². The molecule has 2 aromatic rings. The first kappa shape index (κ1) is 22.3. The number of hydrogen-bond donors (Lipinski definition) is 1. The first-order chi connectivity index (χ1) is 15.3. The number of benzene rings is 2. The summed E-state index contributed by atoms with van der Waals surface area (Å²) in [6, 6.07) is 11.6. The SMILES string of the molecule is COCCN1C(=O)c2ccccc2C(C(=O)Nc2cccc(C(F)(F)F)c2)C12CCCC2. The number of carbonyl (C=O) groups is 2. The van der Waals surface area contributed by atoms with Gasteiger partial charge >= 0.3 is 6.18 Å². The van der Waals surface area contributed by atoms with E-state index in [1.165, 1.54) is 12.1 Å². The Kier molecular flexibility index (Phi) is 5.99. The third-order valence-electron chi connectivity index (χ3n) is 6.53. The number of anilines is 1. The van der Waals surface area contributed by atoms with E-state index in [1.54, 1.807) is 36.3 Å². The molecule has 8 heteroatoms. The van der Waals surface area contributed by atoms with Gasteiger partial charge < -0.3 is 15.0 Å². The summed E-state index contributed by atoms with van der Waals surface area (Å²) >= 11 is 0. The van der Waals surface area contributed by atoms with Crippen molar-refractivity contribution in [2.45, 2.75) is 43.3 Å². The van der Waals surface area contributed by atoms with Crippen LogP contribution in [0.5, 0.6) is 0 Å². The van der Waals surface area contributed by atoms with Gasteiger partial charge in [0.15, 0.2) is 0 Å². The number of methoxy groups -OCH3 is 1. The molecule has 0 saturated heterocycles. The van der Waals surface area contributed by atoms with Crippen LogP contribution in [-0.4, -0.2) is 42.5 Å². The summed E-state index contributed by atoms with van der Waals surface area (Å²) in [6.07, 6.45) is -1.47. The average molecular weight is 446 g/mol. The zero-order chi connectivity index (χ0) is 22.9. The van der Waals surface area contributed by atoms with Crippen LogP contribution in [0.3, 0.4) is 0 Å². The molecule has 1 unspecified atom stereocenters. The highest BCUT2D eigenvalue weighted by atomic mass is 19.4. The molecule has 5 nitrogen and oxygen atoms in total. The van der Waals surface area contributed by atoms with Crippen molar-refractivity contribution in [3.05, 3.63) is 65.2 Å². The number of hydrogen-bond acceptors (Lipinski definition) is 3. The Morgan fingerprint density at radius 3 is 2.56 bits per heavy atom. The molecular formula is C24H25F3N2O3. The maximum Gasteiger partial charge on any atom is 0.416 e. The second-order valence-corrected chi connectivity index (χ2v) is 8.35. The molecule has 2 aromatic carbocycles. The summed E-state index contributed by atoms with van der Waals surface area (Å²) in [5.41, 5.74) is -0.402. The van der Waals surface area contributed by atoms with Crippen molar-refractivity contribution in [3.8, 4) is 0 Å². The lowest BCUT2D eigenvalue weighted by molar-refractivity contribution is -0.137. The smallest absolute Gasteiger partial charge is 0.383 e. The first-order valence-electron chi connectivity index (χ1n) is 10.7. The summed E-state index contributed by atoms with van der Waals surface area (Å²) in [5, 5.41) is 2.70. The molecule has 170 valence electrons. The number of carbonyl (C=O) groups excluding carboxylic acids is 2. The van der Waals surface area contributed by atoms with Crippen LogP contribution in [0.25, 0.3) is 0 Å². The normalized spacial score (nSPS) is 19.8. The maximum absolute atomic E-state index is 13.6. The number of halogens is 3. The van der Waals surface area contributed by atoms with Gasteiger partial charge in [0.25, 0.3) is 5.91 Å². The van der Waals surface area contributed by atoms with E-state index in [2.05, 4.69) is 5.32 Å². The second-order valence-electron chi connectivity index (χ2n) is 8.35. The Labute approximate surface area is 184 Å². The third-order valence-corrected chi connectivity index (χ3v) is 6.53. The third kappa shape index (κ3) is 3.88. The lowest BCUT2D eigenvalue weighted by Crippen LogP contribution is -2.60. The number of fused-ring (bicyclic) bond motifs is 1. The van der Waals surface area contributed by atoms with E-state index in [1.807, 2.05) is 0 Å². The van der Waals surface area contributed by atoms with E-state index in [0.29, 0.717) is 37.1 Å². The van der Waals surface area contributed by atoms with Crippen LogP contribution in [0.15, 0.2) is 48.5 Å². The largest absolute Gasteiger partial charge is 0.416 e. The van der Waals surface area contributed by atoms with Crippen LogP contribution in [0.1, 0.15) is 53.1 Å². The first-order valence-corrected chi connectivity index (χ1v) is 10.7. The Balaban J connectivity index is 1.75. The molecule has 4 rings (SSSR count). The minimum absolute atomic E-state index is 0.0794. The monoisotopic (exact) mass is 446 g/mol. The number of nitrogens with one attached hydrogen (secondary N) is 1. The summed E-state index contributed by atoms with van der Waals surface area (Å²) in [6.45, 7) is 0.675. The fraction of sp³-hybridized carbons (Fsp3) is 0.417. The van der Waals surface area contributed by atoms with Crippen molar-refractivity contribution in [2.24, 2.45) is 0 Å². The highest BCUT2D eigenvalue weighted by Gasteiger charge is 2.55. The summed E-state index contributed by atoms with van der Waals surface area (Å²) in [5.74, 6) is -1.23. The molecule has 0 aromatic heterocycles. The van der Waals surface area contributed by atoms with Gasteiger partial charge in [0, 0.05) is 24.9 Å². The standard InChI is InChI=1S/C24H25F3N2O3/c1-32-14-13-29-22(31)19-10-3-2-9-18(19)20(23(29)11-4-5-12-23)21(30)28-17-8-6-7-16(15-17)24(25,26)27/h2-3,6-10,15,20H,4-5,11-14H2,1H3,(H,28,30). The Bertz CT molecular complexity index is 1020. The van der Waals surface area contributed by atoms with E-state index < -0.39 is 29.1 Å². The maximum atomic E-state index is 13.6. The Morgan fingerprint density at radius 1 is 1.16 bits per heavy atom. The quantitative estimate of drug-likeness (QED) is 0.715. The van der Waals surface area contributed by atoms with Gasteiger partial charge in [-0.2, -0.15) is 13.2 Å². The van der Waals surface area contributed by atoms with Gasteiger partial charge in [0.2, 0.25) is 5.91 Å². The molecule has 2 amide bonds. The fourth-order valence-corrected chi connectivity index (χ4v) is 5.16. The fourth-order valence-electron chi connectivity index (χ4n) is 5.16. The zero-order valence-corrected chi connectivity index (χ0v) is 17.7. The highest BCUT2D eigenvalue weighted by molar-refractivity contribution is 6.05. The molecule has 1 aliphatic carbocycles. The van der Waals surface area contributed by atoms with Crippen LogP contribution < -0.4 is 5.32 Å². The number of ether oxygens (including phenoxy) is 1. The summed E-state index contributed by atoms with van der Waals surface area (Å²) in [7, 11) is 1.56. The van der Waals surface area contributed by atoms with Crippen LogP contribution in [-0.2, 0) is 15.7 Å². The van der Waals surface area contributed by atoms with Crippen molar-refractivity contribution < 1.29 is 27.5 Å². The predicted octanol–water partition coefficient (Wildman–Crippen LogP) is 4.84. The van der Waals surface area contributed by atoms with Gasteiger partial charge in [-0.1, -0.05) is 37.1 Å².